The highest BCUT2D eigenvalue weighted by atomic mass is 19.4. The lowest BCUT2D eigenvalue weighted by Crippen LogP contribution is -2.49. The normalized spacial score (nSPS) is 20.5. The number of alkyl halides is 3. The van der Waals surface area contributed by atoms with E-state index in [0.717, 1.165) is 30.3 Å². The third-order valence-electron chi connectivity index (χ3n) is 6.93. The summed E-state index contributed by atoms with van der Waals surface area (Å²) in [7, 11) is 0. The fourth-order valence-electron chi connectivity index (χ4n) is 5.04. The number of carbonyl (C=O) groups is 2. The molecule has 3 aliphatic rings. The number of ether oxygens (including phenoxy) is 2. The number of para-hydroxylation sites is 1. The van der Waals surface area contributed by atoms with Gasteiger partial charge < -0.3 is 19.7 Å². The van der Waals surface area contributed by atoms with E-state index in [4.69, 9.17) is 9.47 Å². The number of hydrogen-bond donors (Lipinski definition) is 1. The Morgan fingerprint density at radius 3 is 2.68 bits per heavy atom. The summed E-state index contributed by atoms with van der Waals surface area (Å²) >= 11 is 0. The molecule has 0 spiro atoms. The van der Waals surface area contributed by atoms with Crippen LogP contribution in [0.3, 0.4) is 0 Å². The van der Waals surface area contributed by atoms with E-state index in [2.05, 4.69) is 15.3 Å². The van der Waals surface area contributed by atoms with Crippen LogP contribution < -0.4 is 15.1 Å². The van der Waals surface area contributed by atoms with Crippen molar-refractivity contribution in [3.05, 3.63) is 47.3 Å². The number of rotatable bonds is 6. The van der Waals surface area contributed by atoms with Crippen molar-refractivity contribution in [2.75, 3.05) is 36.0 Å². The van der Waals surface area contributed by atoms with Crippen LogP contribution in [-0.4, -0.2) is 60.4 Å². The van der Waals surface area contributed by atoms with Crippen molar-refractivity contribution in [2.24, 2.45) is 0 Å². The van der Waals surface area contributed by atoms with Crippen LogP contribution in [0.2, 0.25) is 0 Å². The van der Waals surface area contributed by atoms with Crippen LogP contribution in [0.15, 0.2) is 30.5 Å². The molecule has 0 bridgehead atoms. The Hall–Kier alpha value is -3.41. The van der Waals surface area contributed by atoms with Gasteiger partial charge in [0.25, 0.3) is 0 Å². The van der Waals surface area contributed by atoms with Crippen LogP contribution in [0.1, 0.15) is 42.5 Å². The summed E-state index contributed by atoms with van der Waals surface area (Å²) in [6.45, 7) is 1.85. The van der Waals surface area contributed by atoms with Crippen molar-refractivity contribution in [1.29, 1.82) is 0 Å². The van der Waals surface area contributed by atoms with Crippen molar-refractivity contribution in [3.8, 4) is 0 Å². The maximum Gasteiger partial charge on any atom is 0.433 e. The minimum atomic E-state index is -4.73. The lowest BCUT2D eigenvalue weighted by atomic mass is 10.0. The lowest BCUT2D eigenvalue weighted by Gasteiger charge is -2.40. The van der Waals surface area contributed by atoms with E-state index in [-0.39, 0.29) is 36.8 Å². The smallest absolute Gasteiger partial charge is 0.433 e. The highest BCUT2D eigenvalue weighted by Gasteiger charge is 2.38. The van der Waals surface area contributed by atoms with Gasteiger partial charge in [0.2, 0.25) is 11.9 Å². The van der Waals surface area contributed by atoms with Crippen molar-refractivity contribution in [3.63, 3.8) is 0 Å². The molecule has 0 aliphatic carbocycles. The molecule has 0 saturated carbocycles. The first-order valence-corrected chi connectivity index (χ1v) is 12.4. The monoisotopic (exact) mass is 519 g/mol. The number of fused-ring (bicyclic) bond motifs is 1. The Bertz CT molecular complexity index is 1150. The quantitative estimate of drug-likeness (QED) is 0.625. The maximum absolute atomic E-state index is 13.8. The van der Waals surface area contributed by atoms with Crippen LogP contribution >= 0.6 is 0 Å². The standard InChI is InChI=1S/C25H28F3N5O4/c26-25(27,28)22-17(12-21(34)29-14-19-5-3-11-36-19)13-30-23(31-22)32-9-7-18(8-10-32)33-20-6-2-1-4-16(20)15-37-24(33)35/h1-2,4,6,13,18-19H,3,5,7-12,14-15H2,(H,29,34). The van der Waals surface area contributed by atoms with E-state index in [1.807, 2.05) is 24.3 Å². The summed E-state index contributed by atoms with van der Waals surface area (Å²) in [5, 5.41) is 2.64. The van der Waals surface area contributed by atoms with E-state index in [0.29, 0.717) is 32.5 Å². The van der Waals surface area contributed by atoms with Gasteiger partial charge in [0.1, 0.15) is 6.61 Å². The molecule has 2 aromatic rings. The van der Waals surface area contributed by atoms with Gasteiger partial charge in [-0.15, -0.1) is 0 Å². The molecule has 1 aromatic carbocycles. The van der Waals surface area contributed by atoms with Crippen molar-refractivity contribution < 1.29 is 32.2 Å². The fourth-order valence-corrected chi connectivity index (χ4v) is 5.04. The topological polar surface area (TPSA) is 96.9 Å². The Morgan fingerprint density at radius 2 is 1.95 bits per heavy atom. The summed E-state index contributed by atoms with van der Waals surface area (Å²) in [6, 6.07) is 7.36. The zero-order valence-corrected chi connectivity index (χ0v) is 20.2. The number of cyclic esters (lactones) is 1. The van der Waals surface area contributed by atoms with E-state index in [9.17, 15) is 22.8 Å². The number of amides is 2. The minimum Gasteiger partial charge on any atom is -0.444 e. The lowest BCUT2D eigenvalue weighted by molar-refractivity contribution is -0.142. The molecule has 2 amide bonds. The average molecular weight is 520 g/mol. The van der Waals surface area contributed by atoms with Gasteiger partial charge >= 0.3 is 12.3 Å². The van der Waals surface area contributed by atoms with E-state index in [1.165, 1.54) is 0 Å². The van der Waals surface area contributed by atoms with Crippen molar-refractivity contribution >= 4 is 23.6 Å². The molecule has 2 fully saturated rings. The molecule has 5 rings (SSSR count). The highest BCUT2D eigenvalue weighted by Crippen LogP contribution is 2.34. The van der Waals surface area contributed by atoms with Gasteiger partial charge in [0, 0.05) is 49.6 Å². The number of nitrogens with zero attached hydrogens (tertiary/aromatic N) is 4. The van der Waals surface area contributed by atoms with Gasteiger partial charge in [-0.1, -0.05) is 18.2 Å². The summed E-state index contributed by atoms with van der Waals surface area (Å²) in [5.41, 5.74) is 0.331. The summed E-state index contributed by atoms with van der Waals surface area (Å²) in [5.74, 6) is -0.581. The van der Waals surface area contributed by atoms with Gasteiger partial charge in [-0.05, 0) is 31.7 Å². The summed E-state index contributed by atoms with van der Waals surface area (Å²) in [4.78, 5) is 36.1. The predicted octanol–water partition coefficient (Wildman–Crippen LogP) is 3.46. The number of anilines is 2. The molecule has 9 nitrogen and oxygen atoms in total. The van der Waals surface area contributed by atoms with Crippen LogP contribution in [0.25, 0.3) is 0 Å². The molecule has 1 aromatic heterocycles. The number of halogens is 3. The Morgan fingerprint density at radius 1 is 1.16 bits per heavy atom. The maximum atomic E-state index is 13.8. The second-order valence-electron chi connectivity index (χ2n) is 9.43. The summed E-state index contributed by atoms with van der Waals surface area (Å²) in [6.07, 6.45) is -1.90. The second-order valence-corrected chi connectivity index (χ2v) is 9.43. The molecule has 0 radical (unpaired) electrons. The third-order valence-corrected chi connectivity index (χ3v) is 6.93. The molecule has 1 N–H and O–H groups in total. The number of carbonyl (C=O) groups excluding carboxylic acids is 2. The SMILES string of the molecule is O=C(Cc1cnc(N2CCC(N3C(=O)OCc4ccccc43)CC2)nc1C(F)(F)F)NCC1CCCO1. The molecule has 12 heteroatoms. The summed E-state index contributed by atoms with van der Waals surface area (Å²) < 4.78 is 52.3. The van der Waals surface area contributed by atoms with E-state index < -0.39 is 30.3 Å². The molecular weight excluding hydrogens is 491 g/mol. The molecule has 198 valence electrons. The zero-order valence-electron chi connectivity index (χ0n) is 20.2. The average Bonchev–Trinajstić information content (AvgIpc) is 3.41. The molecule has 4 heterocycles. The molecular formula is C25H28F3N5O4. The first kappa shape index (κ1) is 25.2. The number of benzene rings is 1. The fraction of sp³-hybridized carbons (Fsp3) is 0.520. The number of hydrogen-bond acceptors (Lipinski definition) is 7. The molecule has 3 aliphatic heterocycles. The molecule has 2 saturated heterocycles. The van der Waals surface area contributed by atoms with E-state index >= 15 is 0 Å². The van der Waals surface area contributed by atoms with Crippen molar-refractivity contribution in [1.82, 2.24) is 15.3 Å². The van der Waals surface area contributed by atoms with Gasteiger partial charge in [-0.2, -0.15) is 13.2 Å². The highest BCUT2D eigenvalue weighted by molar-refractivity contribution is 5.91. The third kappa shape index (κ3) is 5.63. The Labute approximate surface area is 212 Å². The minimum absolute atomic E-state index is 0.0455. The van der Waals surface area contributed by atoms with Gasteiger partial charge in [0.05, 0.1) is 18.2 Å². The zero-order chi connectivity index (χ0) is 26.0. The Balaban J connectivity index is 1.25. The number of aromatic nitrogens is 2. The molecule has 1 unspecified atom stereocenters. The number of nitrogens with one attached hydrogen (secondary N) is 1. The molecule has 1 atom stereocenters. The first-order valence-electron chi connectivity index (χ1n) is 12.4. The van der Waals surface area contributed by atoms with Gasteiger partial charge in [0.15, 0.2) is 5.69 Å². The van der Waals surface area contributed by atoms with Crippen molar-refractivity contribution in [2.45, 2.75) is 57.0 Å². The second kappa shape index (κ2) is 10.5. The molecule has 37 heavy (non-hydrogen) atoms. The van der Waals surface area contributed by atoms with Crippen LogP contribution in [0, 0.1) is 0 Å². The Kier molecular flexibility index (Phi) is 7.18. The largest absolute Gasteiger partial charge is 0.444 e. The van der Waals surface area contributed by atoms with E-state index in [1.54, 1.807) is 9.80 Å². The number of piperidine rings is 1. The van der Waals surface area contributed by atoms with Crippen LogP contribution in [0.5, 0.6) is 0 Å². The van der Waals surface area contributed by atoms with Gasteiger partial charge in [-0.3, -0.25) is 9.69 Å². The first-order chi connectivity index (χ1) is 17.8. The van der Waals surface area contributed by atoms with Crippen LogP contribution in [-0.2, 0) is 33.5 Å². The van der Waals surface area contributed by atoms with Gasteiger partial charge in [-0.25, -0.2) is 14.8 Å². The predicted molar refractivity (Wildman–Crippen MR) is 127 cm³/mol. The van der Waals surface area contributed by atoms with Crippen LogP contribution in [0.4, 0.5) is 29.6 Å².